The van der Waals surface area contributed by atoms with Crippen molar-refractivity contribution >= 4 is 27.5 Å². The zero-order valence-electron chi connectivity index (χ0n) is 7.85. The first-order chi connectivity index (χ1) is 6.69. The summed E-state index contributed by atoms with van der Waals surface area (Å²) in [5.74, 6) is 2.63. The van der Waals surface area contributed by atoms with E-state index in [2.05, 4.69) is 27.2 Å². The highest BCUT2D eigenvalue weighted by Gasteiger charge is 2.08. The topological polar surface area (TPSA) is 12.0 Å². The van der Waals surface area contributed by atoms with Crippen molar-refractivity contribution in [1.29, 1.82) is 0 Å². The fourth-order valence-corrected chi connectivity index (χ4v) is 1.67. The predicted octanol–water partition coefficient (Wildman–Crippen LogP) is 3.39. The van der Waals surface area contributed by atoms with E-state index in [4.69, 9.17) is 18.0 Å². The van der Waals surface area contributed by atoms with E-state index in [9.17, 15) is 0 Å². The van der Waals surface area contributed by atoms with Gasteiger partial charge < -0.3 is 5.32 Å². The van der Waals surface area contributed by atoms with Crippen LogP contribution in [-0.2, 0) is 0 Å². The van der Waals surface area contributed by atoms with E-state index in [1.165, 1.54) is 0 Å². The largest absolute Gasteiger partial charge is 0.312 e. The third-order valence-electron chi connectivity index (χ3n) is 2.02. The summed E-state index contributed by atoms with van der Waals surface area (Å²) in [5.41, 5.74) is 1.11. The molecule has 0 aliphatic carbocycles. The standard InChI is InChI=1S/C11H11BrClN/c1-3-4-11(14-2)8-5-6-9(12)10(13)7-8/h1,5-7,11,14H,4H2,2H3. The quantitative estimate of drug-likeness (QED) is 0.832. The van der Waals surface area contributed by atoms with Gasteiger partial charge in [-0.15, -0.1) is 12.3 Å². The predicted molar refractivity (Wildman–Crippen MR) is 64.4 cm³/mol. The molecule has 14 heavy (non-hydrogen) atoms. The SMILES string of the molecule is C#CCC(NC)c1ccc(Br)c(Cl)c1. The molecule has 1 aromatic rings. The second-order valence-electron chi connectivity index (χ2n) is 2.92. The summed E-state index contributed by atoms with van der Waals surface area (Å²) in [4.78, 5) is 0. The van der Waals surface area contributed by atoms with Crippen LogP contribution < -0.4 is 5.32 Å². The molecule has 1 nitrogen and oxygen atoms in total. The van der Waals surface area contributed by atoms with Gasteiger partial charge >= 0.3 is 0 Å². The van der Waals surface area contributed by atoms with Gasteiger partial charge in [0.2, 0.25) is 0 Å². The normalized spacial score (nSPS) is 12.1. The molecule has 1 unspecified atom stereocenters. The van der Waals surface area contributed by atoms with Crippen molar-refractivity contribution in [1.82, 2.24) is 5.32 Å². The maximum atomic E-state index is 5.99. The van der Waals surface area contributed by atoms with E-state index in [0.29, 0.717) is 11.4 Å². The molecule has 3 heteroatoms. The number of terminal acetylenes is 1. The van der Waals surface area contributed by atoms with Gasteiger partial charge in [0.25, 0.3) is 0 Å². The van der Waals surface area contributed by atoms with Crippen LogP contribution in [0.5, 0.6) is 0 Å². The highest BCUT2D eigenvalue weighted by Crippen LogP contribution is 2.26. The molecule has 0 aromatic heterocycles. The summed E-state index contributed by atoms with van der Waals surface area (Å²) in [6, 6.07) is 6.03. The molecule has 1 rings (SSSR count). The fourth-order valence-electron chi connectivity index (χ4n) is 1.23. The molecular weight excluding hydrogens is 261 g/mol. The van der Waals surface area contributed by atoms with Crippen LogP contribution in [0.25, 0.3) is 0 Å². The highest BCUT2D eigenvalue weighted by atomic mass is 79.9. The second-order valence-corrected chi connectivity index (χ2v) is 4.18. The van der Waals surface area contributed by atoms with Crippen LogP contribution >= 0.6 is 27.5 Å². The van der Waals surface area contributed by atoms with Gasteiger partial charge in [-0.05, 0) is 40.7 Å². The van der Waals surface area contributed by atoms with Crippen LogP contribution in [-0.4, -0.2) is 7.05 Å². The molecule has 0 saturated heterocycles. The lowest BCUT2D eigenvalue weighted by atomic mass is 10.0. The summed E-state index contributed by atoms with van der Waals surface area (Å²) in [6.07, 6.45) is 5.94. The lowest BCUT2D eigenvalue weighted by Gasteiger charge is -2.14. The Hall–Kier alpha value is -0.490. The van der Waals surface area contributed by atoms with Gasteiger partial charge in [0, 0.05) is 16.9 Å². The van der Waals surface area contributed by atoms with Crippen molar-refractivity contribution in [3.8, 4) is 12.3 Å². The molecule has 0 bridgehead atoms. The Labute approximate surface area is 98.0 Å². The zero-order valence-corrected chi connectivity index (χ0v) is 10.2. The Morgan fingerprint density at radius 3 is 2.86 bits per heavy atom. The average Bonchev–Trinajstić information content (AvgIpc) is 2.19. The molecule has 0 fully saturated rings. The highest BCUT2D eigenvalue weighted by molar-refractivity contribution is 9.10. The van der Waals surface area contributed by atoms with Crippen LogP contribution in [0.2, 0.25) is 5.02 Å². The second kappa shape index (κ2) is 5.41. The lowest BCUT2D eigenvalue weighted by Crippen LogP contribution is -2.15. The zero-order chi connectivity index (χ0) is 10.6. The molecule has 1 atom stereocenters. The molecule has 0 radical (unpaired) electrons. The summed E-state index contributed by atoms with van der Waals surface area (Å²) in [5, 5.41) is 3.86. The van der Waals surface area contributed by atoms with Crippen LogP contribution in [0, 0.1) is 12.3 Å². The Morgan fingerprint density at radius 2 is 2.36 bits per heavy atom. The van der Waals surface area contributed by atoms with Crippen LogP contribution in [0.15, 0.2) is 22.7 Å². The summed E-state index contributed by atoms with van der Waals surface area (Å²) in [7, 11) is 1.89. The van der Waals surface area contributed by atoms with Crippen molar-refractivity contribution in [3.63, 3.8) is 0 Å². The molecule has 74 valence electrons. The maximum absolute atomic E-state index is 5.99. The number of nitrogens with one attached hydrogen (secondary N) is 1. The third kappa shape index (κ3) is 2.75. The van der Waals surface area contributed by atoms with Gasteiger partial charge in [-0.2, -0.15) is 0 Å². The number of hydrogen-bond acceptors (Lipinski definition) is 1. The molecule has 0 amide bonds. The monoisotopic (exact) mass is 271 g/mol. The fraction of sp³-hybridized carbons (Fsp3) is 0.273. The first-order valence-corrected chi connectivity index (χ1v) is 5.41. The van der Waals surface area contributed by atoms with Crippen LogP contribution in [0.4, 0.5) is 0 Å². The van der Waals surface area contributed by atoms with Crippen molar-refractivity contribution in [2.75, 3.05) is 7.05 Å². The Morgan fingerprint density at radius 1 is 1.64 bits per heavy atom. The van der Waals surface area contributed by atoms with E-state index in [1.54, 1.807) is 0 Å². The minimum absolute atomic E-state index is 0.172. The van der Waals surface area contributed by atoms with Crippen molar-refractivity contribution < 1.29 is 0 Å². The van der Waals surface area contributed by atoms with E-state index < -0.39 is 0 Å². The van der Waals surface area contributed by atoms with Crippen molar-refractivity contribution in [2.24, 2.45) is 0 Å². The number of benzene rings is 1. The molecule has 0 spiro atoms. The van der Waals surface area contributed by atoms with Crippen molar-refractivity contribution in [2.45, 2.75) is 12.5 Å². The smallest absolute Gasteiger partial charge is 0.0551 e. The molecule has 0 aliphatic heterocycles. The van der Waals surface area contributed by atoms with Gasteiger partial charge in [0.05, 0.1) is 5.02 Å². The van der Waals surface area contributed by atoms with Crippen LogP contribution in [0.3, 0.4) is 0 Å². The molecule has 0 aliphatic rings. The molecule has 1 N–H and O–H groups in total. The summed E-state index contributed by atoms with van der Waals surface area (Å²) in [6.45, 7) is 0. The van der Waals surface area contributed by atoms with Gasteiger partial charge in [-0.1, -0.05) is 17.7 Å². The number of halogens is 2. The van der Waals surface area contributed by atoms with E-state index in [1.807, 2.05) is 25.2 Å². The van der Waals surface area contributed by atoms with Gasteiger partial charge in [0.15, 0.2) is 0 Å². The van der Waals surface area contributed by atoms with Gasteiger partial charge in [-0.25, -0.2) is 0 Å². The first kappa shape index (κ1) is 11.6. The summed E-state index contributed by atoms with van der Waals surface area (Å²) < 4.78 is 0.901. The van der Waals surface area contributed by atoms with Crippen molar-refractivity contribution in [3.05, 3.63) is 33.3 Å². The maximum Gasteiger partial charge on any atom is 0.0551 e. The molecule has 0 heterocycles. The molecule has 0 saturated carbocycles. The number of hydrogen-bond donors (Lipinski definition) is 1. The summed E-state index contributed by atoms with van der Waals surface area (Å²) >= 11 is 9.34. The Bertz CT molecular complexity index is 357. The van der Waals surface area contributed by atoms with E-state index >= 15 is 0 Å². The van der Waals surface area contributed by atoms with Gasteiger partial charge in [0.1, 0.15) is 0 Å². The minimum Gasteiger partial charge on any atom is -0.312 e. The average molecular weight is 273 g/mol. The van der Waals surface area contributed by atoms with Crippen LogP contribution in [0.1, 0.15) is 18.0 Å². The molecule has 1 aromatic carbocycles. The lowest BCUT2D eigenvalue weighted by molar-refractivity contribution is 0.611. The van der Waals surface area contributed by atoms with E-state index in [0.717, 1.165) is 10.0 Å². The van der Waals surface area contributed by atoms with Gasteiger partial charge in [-0.3, -0.25) is 0 Å². The Balaban J connectivity index is 2.95. The third-order valence-corrected chi connectivity index (χ3v) is 3.25. The number of rotatable bonds is 3. The minimum atomic E-state index is 0.172. The Kier molecular flexibility index (Phi) is 4.47. The van der Waals surface area contributed by atoms with E-state index in [-0.39, 0.29) is 6.04 Å². The molecular formula is C11H11BrClN. The first-order valence-electron chi connectivity index (χ1n) is 4.24.